The van der Waals surface area contributed by atoms with Crippen molar-refractivity contribution in [2.45, 2.75) is 39.2 Å². The van der Waals surface area contributed by atoms with Gasteiger partial charge in [-0.15, -0.1) is 0 Å². The zero-order chi connectivity index (χ0) is 16.2. The molecule has 122 valence electrons. The molecule has 0 unspecified atom stereocenters. The van der Waals surface area contributed by atoms with Crippen molar-refractivity contribution in [2.24, 2.45) is 11.8 Å². The summed E-state index contributed by atoms with van der Waals surface area (Å²) >= 11 is 0. The van der Waals surface area contributed by atoms with Crippen LogP contribution in [0.1, 0.15) is 33.1 Å². The van der Waals surface area contributed by atoms with Gasteiger partial charge in [-0.05, 0) is 25.2 Å². The molecule has 8 heteroatoms. The van der Waals surface area contributed by atoms with Crippen LogP contribution in [-0.4, -0.2) is 55.1 Å². The molecule has 1 aliphatic rings. The summed E-state index contributed by atoms with van der Waals surface area (Å²) in [6.07, 6.45) is 2.65. The first-order valence-corrected chi connectivity index (χ1v) is 8.94. The maximum atomic E-state index is 12.2. The average Bonchev–Trinajstić information content (AvgIpc) is 2.36. The smallest absolute Gasteiger partial charge is 0.326 e. The molecular formula is C13H24N2O5S. The van der Waals surface area contributed by atoms with E-state index in [1.807, 2.05) is 13.8 Å². The molecule has 2 N–H and O–H groups in total. The van der Waals surface area contributed by atoms with Crippen LogP contribution in [0.5, 0.6) is 0 Å². The van der Waals surface area contributed by atoms with Crippen LogP contribution in [0.4, 0.5) is 0 Å². The molecule has 1 heterocycles. The molecule has 1 amide bonds. The number of carboxylic acids is 1. The van der Waals surface area contributed by atoms with Gasteiger partial charge in [0.2, 0.25) is 15.9 Å². The van der Waals surface area contributed by atoms with E-state index in [0.29, 0.717) is 25.8 Å². The van der Waals surface area contributed by atoms with Gasteiger partial charge in [0.15, 0.2) is 0 Å². The zero-order valence-electron chi connectivity index (χ0n) is 12.7. The Hall–Kier alpha value is -1.15. The Labute approximate surface area is 125 Å². The Bertz CT molecular complexity index is 489. The van der Waals surface area contributed by atoms with Crippen molar-refractivity contribution in [3.63, 3.8) is 0 Å². The predicted molar refractivity (Wildman–Crippen MR) is 78.2 cm³/mol. The van der Waals surface area contributed by atoms with Gasteiger partial charge in [-0.3, -0.25) is 4.79 Å². The Balaban J connectivity index is 2.67. The number of nitrogens with zero attached hydrogens (tertiary/aromatic N) is 1. The molecule has 0 radical (unpaired) electrons. The molecule has 1 saturated heterocycles. The SMILES string of the molecule is CC(C)C[C@@H](NC(=O)[C@H]1CCCN(S(C)(=O)=O)C1)C(=O)O. The van der Waals surface area contributed by atoms with Gasteiger partial charge in [0.25, 0.3) is 0 Å². The van der Waals surface area contributed by atoms with Crippen molar-refractivity contribution in [1.82, 2.24) is 9.62 Å². The van der Waals surface area contributed by atoms with E-state index in [-0.39, 0.29) is 18.4 Å². The first-order valence-electron chi connectivity index (χ1n) is 7.09. The number of nitrogens with one attached hydrogen (secondary N) is 1. The number of hydrogen-bond donors (Lipinski definition) is 2. The molecule has 1 aliphatic heterocycles. The molecule has 1 fully saturated rings. The molecule has 7 nitrogen and oxygen atoms in total. The highest BCUT2D eigenvalue weighted by Gasteiger charge is 2.32. The minimum absolute atomic E-state index is 0.124. The lowest BCUT2D eigenvalue weighted by Crippen LogP contribution is -2.49. The lowest BCUT2D eigenvalue weighted by atomic mass is 9.97. The third kappa shape index (κ3) is 5.62. The van der Waals surface area contributed by atoms with Crippen LogP contribution in [-0.2, 0) is 19.6 Å². The third-order valence-corrected chi connectivity index (χ3v) is 4.82. The van der Waals surface area contributed by atoms with E-state index in [4.69, 9.17) is 5.11 Å². The van der Waals surface area contributed by atoms with Gasteiger partial charge >= 0.3 is 5.97 Å². The van der Waals surface area contributed by atoms with Gasteiger partial charge in [-0.2, -0.15) is 0 Å². The van der Waals surface area contributed by atoms with E-state index in [0.717, 1.165) is 6.26 Å². The predicted octanol–water partition coefficient (Wildman–Crippen LogP) is 0.274. The second-order valence-electron chi connectivity index (χ2n) is 5.99. The molecule has 1 rings (SSSR count). The molecule has 0 saturated carbocycles. The van der Waals surface area contributed by atoms with E-state index in [9.17, 15) is 18.0 Å². The minimum Gasteiger partial charge on any atom is -0.480 e. The fraction of sp³-hybridized carbons (Fsp3) is 0.846. The van der Waals surface area contributed by atoms with Crippen molar-refractivity contribution in [2.75, 3.05) is 19.3 Å². The quantitative estimate of drug-likeness (QED) is 0.731. The van der Waals surface area contributed by atoms with Crippen LogP contribution in [0.3, 0.4) is 0 Å². The van der Waals surface area contributed by atoms with Gasteiger partial charge in [0.1, 0.15) is 6.04 Å². The number of carboxylic acid groups (broad SMARTS) is 1. The Morgan fingerprint density at radius 1 is 1.38 bits per heavy atom. The van der Waals surface area contributed by atoms with E-state index in [2.05, 4.69) is 5.32 Å². The number of hydrogen-bond acceptors (Lipinski definition) is 4. The molecule has 0 aromatic heterocycles. The number of carbonyl (C=O) groups excluding carboxylic acids is 1. The fourth-order valence-electron chi connectivity index (χ4n) is 2.44. The Morgan fingerprint density at radius 2 is 2.00 bits per heavy atom. The average molecular weight is 320 g/mol. The normalized spacial score (nSPS) is 22.0. The summed E-state index contributed by atoms with van der Waals surface area (Å²) in [5, 5.41) is 11.7. The van der Waals surface area contributed by atoms with Crippen LogP contribution < -0.4 is 5.32 Å². The summed E-state index contributed by atoms with van der Waals surface area (Å²) in [6, 6.07) is -0.925. The molecule has 21 heavy (non-hydrogen) atoms. The number of rotatable bonds is 6. The summed E-state index contributed by atoms with van der Waals surface area (Å²) < 4.78 is 24.3. The minimum atomic E-state index is -3.32. The Morgan fingerprint density at radius 3 is 2.48 bits per heavy atom. The van der Waals surface area contributed by atoms with Crippen LogP contribution in [0, 0.1) is 11.8 Å². The van der Waals surface area contributed by atoms with Crippen molar-refractivity contribution in [3.8, 4) is 0 Å². The number of amides is 1. The molecule has 0 aliphatic carbocycles. The van der Waals surface area contributed by atoms with Crippen LogP contribution in [0.15, 0.2) is 0 Å². The molecule has 0 bridgehead atoms. The third-order valence-electron chi connectivity index (χ3n) is 3.55. The number of piperidine rings is 1. The number of carbonyl (C=O) groups is 2. The first kappa shape index (κ1) is 17.9. The van der Waals surface area contributed by atoms with Crippen LogP contribution in [0.25, 0.3) is 0 Å². The second-order valence-corrected chi connectivity index (χ2v) is 7.97. The molecule has 2 atom stereocenters. The topological polar surface area (TPSA) is 104 Å². The number of aliphatic carboxylic acids is 1. The highest BCUT2D eigenvalue weighted by molar-refractivity contribution is 7.88. The van der Waals surface area contributed by atoms with E-state index in [1.165, 1.54) is 4.31 Å². The molecule has 0 aromatic carbocycles. The fourth-order valence-corrected chi connectivity index (χ4v) is 3.35. The van der Waals surface area contributed by atoms with Gasteiger partial charge in [0, 0.05) is 13.1 Å². The highest BCUT2D eigenvalue weighted by atomic mass is 32.2. The lowest BCUT2D eigenvalue weighted by molar-refractivity contribution is -0.143. The van der Waals surface area contributed by atoms with Gasteiger partial charge in [0.05, 0.1) is 12.2 Å². The summed E-state index contributed by atoms with van der Waals surface area (Å²) in [5.41, 5.74) is 0. The standard InChI is InChI=1S/C13H24N2O5S/c1-9(2)7-11(13(17)18)14-12(16)10-5-4-6-15(8-10)21(3,19)20/h9-11H,4-8H2,1-3H3,(H,14,16)(H,17,18)/t10-,11+/m0/s1. The Kier molecular flexibility index (Phi) is 6.15. The van der Waals surface area contributed by atoms with Crippen molar-refractivity contribution in [1.29, 1.82) is 0 Å². The largest absolute Gasteiger partial charge is 0.480 e. The van der Waals surface area contributed by atoms with Crippen molar-refractivity contribution in [3.05, 3.63) is 0 Å². The maximum absolute atomic E-state index is 12.2. The van der Waals surface area contributed by atoms with Crippen LogP contribution in [0.2, 0.25) is 0 Å². The maximum Gasteiger partial charge on any atom is 0.326 e. The summed E-state index contributed by atoms with van der Waals surface area (Å²) in [6.45, 7) is 4.30. The summed E-state index contributed by atoms with van der Waals surface area (Å²) in [7, 11) is -3.32. The van der Waals surface area contributed by atoms with Crippen molar-refractivity contribution >= 4 is 21.9 Å². The van der Waals surface area contributed by atoms with Gasteiger partial charge in [-0.25, -0.2) is 17.5 Å². The van der Waals surface area contributed by atoms with Gasteiger partial charge in [-0.1, -0.05) is 13.8 Å². The molecule has 0 aromatic rings. The van der Waals surface area contributed by atoms with Crippen LogP contribution >= 0.6 is 0 Å². The van der Waals surface area contributed by atoms with E-state index in [1.54, 1.807) is 0 Å². The number of sulfonamides is 1. The van der Waals surface area contributed by atoms with E-state index < -0.39 is 28.0 Å². The van der Waals surface area contributed by atoms with Gasteiger partial charge < -0.3 is 10.4 Å². The summed E-state index contributed by atoms with van der Waals surface area (Å²) in [5.74, 6) is -1.78. The first-order chi connectivity index (χ1) is 9.61. The lowest BCUT2D eigenvalue weighted by Gasteiger charge is -2.31. The monoisotopic (exact) mass is 320 g/mol. The summed E-state index contributed by atoms with van der Waals surface area (Å²) in [4.78, 5) is 23.3. The zero-order valence-corrected chi connectivity index (χ0v) is 13.5. The van der Waals surface area contributed by atoms with Crippen molar-refractivity contribution < 1.29 is 23.1 Å². The second kappa shape index (κ2) is 7.22. The highest BCUT2D eigenvalue weighted by Crippen LogP contribution is 2.19. The van der Waals surface area contributed by atoms with E-state index >= 15 is 0 Å². The molecular weight excluding hydrogens is 296 g/mol. The molecule has 0 spiro atoms.